The predicted octanol–water partition coefficient (Wildman–Crippen LogP) is 3.25. The minimum Gasteiger partial charge on any atom is -0.291 e. The summed E-state index contributed by atoms with van der Waals surface area (Å²) in [5.74, 6) is -0.918. The molecule has 1 aromatic carbocycles. The quantitative estimate of drug-likeness (QED) is 0.792. The summed E-state index contributed by atoms with van der Waals surface area (Å²) < 4.78 is 0. The van der Waals surface area contributed by atoms with E-state index in [1.807, 2.05) is 38.1 Å². The maximum atomic E-state index is 12.2. The fraction of sp³-hybridized carbons (Fsp3) is 0.214. The van der Waals surface area contributed by atoms with Gasteiger partial charge in [0.25, 0.3) is 0 Å². The summed E-state index contributed by atoms with van der Waals surface area (Å²) >= 11 is 1.33. The van der Waals surface area contributed by atoms with Gasteiger partial charge in [0, 0.05) is 6.20 Å². The van der Waals surface area contributed by atoms with E-state index in [-0.39, 0.29) is 5.78 Å². The zero-order valence-electron chi connectivity index (χ0n) is 10.2. The summed E-state index contributed by atoms with van der Waals surface area (Å²) in [5.41, 5.74) is 1.79. The zero-order valence-corrected chi connectivity index (χ0v) is 11.0. The first-order valence-corrected chi connectivity index (χ1v) is 6.36. The van der Waals surface area contributed by atoms with Crippen LogP contribution < -0.4 is 0 Å². The van der Waals surface area contributed by atoms with E-state index in [1.165, 1.54) is 11.3 Å². The maximum absolute atomic E-state index is 12.2. The minimum atomic E-state index is -0.746. The lowest BCUT2D eigenvalue weighted by molar-refractivity contribution is 0.0982. The van der Waals surface area contributed by atoms with Gasteiger partial charge in [0.05, 0.1) is 16.0 Å². The van der Waals surface area contributed by atoms with Crippen molar-refractivity contribution in [2.24, 2.45) is 0 Å². The lowest BCUT2D eigenvalue weighted by atomic mass is 9.94. The molecular weight excluding hydrogens is 244 g/mol. The standard InChI is InChI=1S/C14H12N2OS/c1-9-4-3-5-11(6-9)12(7-15)14(17)13-8-16-10(2)18-13/h3-6,8,12H,1-2H3. The summed E-state index contributed by atoms with van der Waals surface area (Å²) in [5, 5.41) is 10.1. The number of nitriles is 1. The topological polar surface area (TPSA) is 53.8 Å². The first-order chi connectivity index (χ1) is 8.61. The van der Waals surface area contributed by atoms with Gasteiger partial charge in [-0.15, -0.1) is 11.3 Å². The van der Waals surface area contributed by atoms with E-state index in [2.05, 4.69) is 11.1 Å². The van der Waals surface area contributed by atoms with Crippen LogP contribution >= 0.6 is 11.3 Å². The molecule has 0 radical (unpaired) electrons. The van der Waals surface area contributed by atoms with E-state index in [0.29, 0.717) is 4.88 Å². The number of rotatable bonds is 3. The average Bonchev–Trinajstić information content (AvgIpc) is 2.77. The van der Waals surface area contributed by atoms with Crippen molar-refractivity contribution in [3.8, 4) is 6.07 Å². The third-order valence-electron chi connectivity index (χ3n) is 2.63. The van der Waals surface area contributed by atoms with E-state index in [1.54, 1.807) is 6.20 Å². The second-order valence-corrected chi connectivity index (χ2v) is 5.32. The highest BCUT2D eigenvalue weighted by atomic mass is 32.1. The Kier molecular flexibility index (Phi) is 3.54. The van der Waals surface area contributed by atoms with Gasteiger partial charge in [-0.3, -0.25) is 4.79 Å². The summed E-state index contributed by atoms with van der Waals surface area (Å²) in [7, 11) is 0. The number of Topliss-reactive ketones (excluding diaryl/α,β-unsaturated/α-hetero) is 1. The summed E-state index contributed by atoms with van der Waals surface area (Å²) in [4.78, 5) is 16.8. The Morgan fingerprint density at radius 3 is 2.78 bits per heavy atom. The summed E-state index contributed by atoms with van der Waals surface area (Å²) in [6.45, 7) is 3.79. The molecule has 3 nitrogen and oxygen atoms in total. The van der Waals surface area contributed by atoms with E-state index < -0.39 is 5.92 Å². The highest BCUT2D eigenvalue weighted by molar-refractivity contribution is 7.13. The third kappa shape index (κ3) is 2.47. The van der Waals surface area contributed by atoms with Crippen molar-refractivity contribution in [3.63, 3.8) is 0 Å². The van der Waals surface area contributed by atoms with Gasteiger partial charge in [0.1, 0.15) is 5.92 Å². The smallest absolute Gasteiger partial charge is 0.195 e. The molecule has 0 aliphatic heterocycles. The summed E-state index contributed by atoms with van der Waals surface area (Å²) in [6, 6.07) is 9.57. The molecule has 4 heteroatoms. The molecule has 0 spiro atoms. The van der Waals surface area contributed by atoms with Gasteiger partial charge in [0.2, 0.25) is 0 Å². The SMILES string of the molecule is Cc1cccc(C(C#N)C(=O)c2cnc(C)s2)c1. The molecule has 1 heterocycles. The number of hydrogen-bond acceptors (Lipinski definition) is 4. The number of nitrogens with zero attached hydrogens (tertiary/aromatic N) is 2. The fourth-order valence-corrected chi connectivity index (χ4v) is 2.50. The van der Waals surface area contributed by atoms with Crippen molar-refractivity contribution in [3.05, 3.63) is 51.5 Å². The van der Waals surface area contributed by atoms with Gasteiger partial charge in [-0.1, -0.05) is 29.8 Å². The highest BCUT2D eigenvalue weighted by Gasteiger charge is 2.23. The number of aryl methyl sites for hydroxylation is 2. The molecule has 1 unspecified atom stereocenters. The van der Waals surface area contributed by atoms with Gasteiger partial charge < -0.3 is 0 Å². The summed E-state index contributed by atoms with van der Waals surface area (Å²) in [6.07, 6.45) is 1.54. The molecule has 0 aliphatic carbocycles. The van der Waals surface area contributed by atoms with Crippen LogP contribution in [0.2, 0.25) is 0 Å². The van der Waals surface area contributed by atoms with Crippen LogP contribution in [0.4, 0.5) is 0 Å². The number of carbonyl (C=O) groups is 1. The first-order valence-electron chi connectivity index (χ1n) is 5.54. The molecule has 0 saturated heterocycles. The van der Waals surface area contributed by atoms with Crippen LogP contribution in [0.1, 0.15) is 31.7 Å². The number of thiazole rings is 1. The van der Waals surface area contributed by atoms with E-state index >= 15 is 0 Å². The van der Waals surface area contributed by atoms with Crippen LogP contribution in [0.15, 0.2) is 30.5 Å². The fourth-order valence-electron chi connectivity index (χ4n) is 1.75. The lowest BCUT2D eigenvalue weighted by Crippen LogP contribution is -2.09. The van der Waals surface area contributed by atoms with Crippen molar-refractivity contribution in [2.75, 3.05) is 0 Å². The molecule has 18 heavy (non-hydrogen) atoms. The number of benzene rings is 1. The Bertz CT molecular complexity index is 625. The van der Waals surface area contributed by atoms with Gasteiger partial charge in [0.15, 0.2) is 5.78 Å². The van der Waals surface area contributed by atoms with Gasteiger partial charge in [-0.2, -0.15) is 5.26 Å². The van der Waals surface area contributed by atoms with Crippen molar-refractivity contribution < 1.29 is 4.79 Å². The van der Waals surface area contributed by atoms with Gasteiger partial charge in [-0.25, -0.2) is 4.98 Å². The second kappa shape index (κ2) is 5.11. The van der Waals surface area contributed by atoms with E-state index in [9.17, 15) is 10.1 Å². The van der Waals surface area contributed by atoms with Crippen LogP contribution in [0.3, 0.4) is 0 Å². The van der Waals surface area contributed by atoms with Crippen molar-refractivity contribution in [2.45, 2.75) is 19.8 Å². The second-order valence-electron chi connectivity index (χ2n) is 4.08. The monoisotopic (exact) mass is 256 g/mol. The molecule has 2 rings (SSSR count). The van der Waals surface area contributed by atoms with Crippen molar-refractivity contribution >= 4 is 17.1 Å². The highest BCUT2D eigenvalue weighted by Crippen LogP contribution is 2.24. The van der Waals surface area contributed by atoms with Gasteiger partial charge >= 0.3 is 0 Å². The molecule has 0 aliphatic rings. The van der Waals surface area contributed by atoms with Crippen molar-refractivity contribution in [1.82, 2.24) is 4.98 Å². The van der Waals surface area contributed by atoms with Crippen LogP contribution in [-0.4, -0.2) is 10.8 Å². The molecule has 1 aromatic heterocycles. The Labute approximate surface area is 110 Å². The zero-order chi connectivity index (χ0) is 13.1. The number of carbonyl (C=O) groups excluding carboxylic acids is 1. The molecule has 0 bridgehead atoms. The molecule has 0 fully saturated rings. The third-order valence-corrected chi connectivity index (χ3v) is 3.56. The maximum Gasteiger partial charge on any atom is 0.195 e. The van der Waals surface area contributed by atoms with Crippen LogP contribution in [0, 0.1) is 25.2 Å². The average molecular weight is 256 g/mol. The first kappa shape index (κ1) is 12.5. The molecule has 0 saturated carbocycles. The Morgan fingerprint density at radius 2 is 2.22 bits per heavy atom. The Morgan fingerprint density at radius 1 is 1.44 bits per heavy atom. The molecule has 2 aromatic rings. The molecular formula is C14H12N2OS. The molecule has 0 amide bonds. The van der Waals surface area contributed by atoms with Gasteiger partial charge in [-0.05, 0) is 19.4 Å². The van der Waals surface area contributed by atoms with E-state index in [0.717, 1.165) is 16.1 Å². The van der Waals surface area contributed by atoms with E-state index in [4.69, 9.17) is 0 Å². The van der Waals surface area contributed by atoms with Crippen LogP contribution in [-0.2, 0) is 0 Å². The predicted molar refractivity (Wildman–Crippen MR) is 70.7 cm³/mol. The molecule has 90 valence electrons. The normalized spacial score (nSPS) is 11.8. The Hall–Kier alpha value is -1.99. The minimum absolute atomic E-state index is 0.172. The Balaban J connectivity index is 2.35. The molecule has 0 N–H and O–H groups in total. The largest absolute Gasteiger partial charge is 0.291 e. The molecule has 1 atom stereocenters. The number of aromatic nitrogens is 1. The lowest BCUT2D eigenvalue weighted by Gasteiger charge is -2.07. The van der Waals surface area contributed by atoms with Crippen LogP contribution in [0.5, 0.6) is 0 Å². The van der Waals surface area contributed by atoms with Crippen LogP contribution in [0.25, 0.3) is 0 Å². The number of ketones is 1. The van der Waals surface area contributed by atoms with Crippen molar-refractivity contribution in [1.29, 1.82) is 5.26 Å². The number of hydrogen-bond donors (Lipinski definition) is 0.